The number of nitrogens with two attached hydrogens (primary N) is 1. The Kier molecular flexibility index (Phi) is 4.97. The largest absolute Gasteiger partial charge is 0.445 e. The Morgan fingerprint density at radius 2 is 2.00 bits per heavy atom. The van der Waals surface area contributed by atoms with Crippen LogP contribution in [0.4, 0.5) is 4.79 Å². The predicted octanol–water partition coefficient (Wildman–Crippen LogP) is 1.90. The molecule has 1 rings (SSSR count). The van der Waals surface area contributed by atoms with E-state index in [4.69, 9.17) is 10.5 Å². The van der Waals surface area contributed by atoms with Crippen LogP contribution in [0.2, 0.25) is 0 Å². The van der Waals surface area contributed by atoms with E-state index >= 15 is 0 Å². The smallest absolute Gasteiger partial charge is 0.407 e. The van der Waals surface area contributed by atoms with Crippen LogP contribution in [0, 0.1) is 5.41 Å². The van der Waals surface area contributed by atoms with Crippen molar-refractivity contribution in [2.45, 2.75) is 20.5 Å². The number of rotatable bonds is 5. The molecule has 94 valence electrons. The van der Waals surface area contributed by atoms with E-state index < -0.39 is 6.09 Å². The summed E-state index contributed by atoms with van der Waals surface area (Å²) >= 11 is 0. The Morgan fingerprint density at radius 3 is 2.59 bits per heavy atom. The molecule has 0 aliphatic carbocycles. The lowest BCUT2D eigenvalue weighted by atomic mass is 9.94. The molecule has 0 spiro atoms. The van der Waals surface area contributed by atoms with Crippen molar-refractivity contribution in [1.29, 1.82) is 0 Å². The highest BCUT2D eigenvalue weighted by Gasteiger charge is 2.16. The van der Waals surface area contributed by atoms with Crippen LogP contribution >= 0.6 is 0 Å². The minimum Gasteiger partial charge on any atom is -0.445 e. The first-order chi connectivity index (χ1) is 8.03. The van der Waals surface area contributed by atoms with Crippen LogP contribution in [0.3, 0.4) is 0 Å². The normalized spacial score (nSPS) is 11.0. The molecule has 1 aromatic rings. The number of hydrogen-bond acceptors (Lipinski definition) is 3. The van der Waals surface area contributed by atoms with Crippen molar-refractivity contribution in [2.24, 2.45) is 11.1 Å². The van der Waals surface area contributed by atoms with Gasteiger partial charge < -0.3 is 15.8 Å². The zero-order chi connectivity index (χ0) is 12.7. The number of benzene rings is 1. The van der Waals surface area contributed by atoms with E-state index in [9.17, 15) is 4.79 Å². The molecule has 0 aliphatic rings. The fourth-order valence-corrected chi connectivity index (χ4v) is 1.16. The Hall–Kier alpha value is -1.55. The second-order valence-corrected chi connectivity index (χ2v) is 4.78. The first-order valence-corrected chi connectivity index (χ1v) is 5.68. The monoisotopic (exact) mass is 236 g/mol. The number of alkyl carbamates (subject to hydrolysis) is 1. The molecular formula is C13H20N2O2. The van der Waals surface area contributed by atoms with E-state index in [1.165, 1.54) is 0 Å². The Labute approximate surface area is 102 Å². The van der Waals surface area contributed by atoms with Gasteiger partial charge in [-0.2, -0.15) is 0 Å². The van der Waals surface area contributed by atoms with Gasteiger partial charge in [-0.25, -0.2) is 4.79 Å². The van der Waals surface area contributed by atoms with Gasteiger partial charge in [-0.1, -0.05) is 44.2 Å². The number of amides is 1. The zero-order valence-electron chi connectivity index (χ0n) is 10.4. The van der Waals surface area contributed by atoms with Crippen LogP contribution in [-0.2, 0) is 11.3 Å². The van der Waals surface area contributed by atoms with Crippen LogP contribution in [0.1, 0.15) is 19.4 Å². The minimum atomic E-state index is -0.407. The molecule has 0 aromatic heterocycles. The van der Waals surface area contributed by atoms with E-state index in [-0.39, 0.29) is 12.0 Å². The second kappa shape index (κ2) is 6.25. The summed E-state index contributed by atoms with van der Waals surface area (Å²) in [5.74, 6) is 0. The number of ether oxygens (including phenoxy) is 1. The molecule has 3 N–H and O–H groups in total. The predicted molar refractivity (Wildman–Crippen MR) is 67.5 cm³/mol. The number of nitrogens with one attached hydrogen (secondary N) is 1. The summed E-state index contributed by atoms with van der Waals surface area (Å²) in [4.78, 5) is 11.4. The molecule has 1 aromatic carbocycles. The number of hydrogen-bond donors (Lipinski definition) is 2. The van der Waals surface area contributed by atoms with Crippen LogP contribution in [0.25, 0.3) is 0 Å². The van der Waals surface area contributed by atoms with Gasteiger partial charge in [0.25, 0.3) is 0 Å². The van der Waals surface area contributed by atoms with Gasteiger partial charge in [0.2, 0.25) is 0 Å². The average molecular weight is 236 g/mol. The molecule has 0 aliphatic heterocycles. The maximum atomic E-state index is 11.4. The molecule has 0 radical (unpaired) electrons. The summed E-state index contributed by atoms with van der Waals surface area (Å²) in [7, 11) is 0. The third-order valence-electron chi connectivity index (χ3n) is 2.48. The van der Waals surface area contributed by atoms with Crippen molar-refractivity contribution in [3.8, 4) is 0 Å². The first kappa shape index (κ1) is 13.5. The van der Waals surface area contributed by atoms with Crippen LogP contribution in [0.5, 0.6) is 0 Å². The van der Waals surface area contributed by atoms with E-state index in [1.807, 2.05) is 44.2 Å². The molecule has 0 bridgehead atoms. The topological polar surface area (TPSA) is 64.3 Å². The molecule has 4 heteroatoms. The SMILES string of the molecule is CC(C)(CN)CNC(=O)OCc1ccccc1. The molecule has 0 fully saturated rings. The Morgan fingerprint density at radius 1 is 1.35 bits per heavy atom. The summed E-state index contributed by atoms with van der Waals surface area (Å²) < 4.78 is 5.08. The van der Waals surface area contributed by atoms with E-state index in [2.05, 4.69) is 5.32 Å². The highest BCUT2D eigenvalue weighted by atomic mass is 16.5. The molecule has 0 saturated heterocycles. The lowest BCUT2D eigenvalue weighted by Gasteiger charge is -2.22. The lowest BCUT2D eigenvalue weighted by molar-refractivity contribution is 0.135. The summed E-state index contributed by atoms with van der Waals surface area (Å²) in [5, 5.41) is 2.70. The van der Waals surface area contributed by atoms with Gasteiger partial charge >= 0.3 is 6.09 Å². The van der Waals surface area contributed by atoms with Crippen molar-refractivity contribution in [1.82, 2.24) is 5.32 Å². The average Bonchev–Trinajstić information content (AvgIpc) is 2.35. The van der Waals surface area contributed by atoms with Crippen molar-refractivity contribution < 1.29 is 9.53 Å². The highest BCUT2D eigenvalue weighted by Crippen LogP contribution is 2.10. The van der Waals surface area contributed by atoms with Crippen LogP contribution < -0.4 is 11.1 Å². The van der Waals surface area contributed by atoms with Crippen molar-refractivity contribution >= 4 is 6.09 Å². The molecule has 17 heavy (non-hydrogen) atoms. The molecular weight excluding hydrogens is 216 g/mol. The van der Waals surface area contributed by atoms with Gasteiger partial charge in [0.15, 0.2) is 0 Å². The fraction of sp³-hybridized carbons (Fsp3) is 0.462. The lowest BCUT2D eigenvalue weighted by Crippen LogP contribution is -2.38. The molecule has 0 heterocycles. The Balaban J connectivity index is 2.27. The molecule has 0 saturated carbocycles. The van der Waals surface area contributed by atoms with Gasteiger partial charge in [0, 0.05) is 6.54 Å². The summed E-state index contributed by atoms with van der Waals surface area (Å²) in [5.41, 5.74) is 6.43. The Bertz CT molecular complexity index is 350. The van der Waals surface area contributed by atoms with E-state index in [1.54, 1.807) is 0 Å². The standard InChI is InChI=1S/C13H20N2O2/c1-13(2,9-14)10-15-12(16)17-8-11-6-4-3-5-7-11/h3-7H,8-10,14H2,1-2H3,(H,15,16). The van der Waals surface area contributed by atoms with Crippen LogP contribution in [-0.4, -0.2) is 19.2 Å². The number of carbonyl (C=O) groups excluding carboxylic acids is 1. The van der Waals surface area contributed by atoms with Crippen molar-refractivity contribution in [3.05, 3.63) is 35.9 Å². The third kappa shape index (κ3) is 5.36. The zero-order valence-corrected chi connectivity index (χ0v) is 10.4. The second-order valence-electron chi connectivity index (χ2n) is 4.78. The number of carbonyl (C=O) groups is 1. The van der Waals surface area contributed by atoms with Gasteiger partial charge in [-0.3, -0.25) is 0 Å². The van der Waals surface area contributed by atoms with Gasteiger partial charge in [-0.15, -0.1) is 0 Å². The summed E-state index contributed by atoms with van der Waals surface area (Å²) in [6.45, 7) is 5.30. The van der Waals surface area contributed by atoms with Crippen molar-refractivity contribution in [2.75, 3.05) is 13.1 Å². The maximum absolute atomic E-state index is 11.4. The quantitative estimate of drug-likeness (QED) is 0.820. The van der Waals surface area contributed by atoms with E-state index in [0.717, 1.165) is 5.56 Å². The molecule has 4 nitrogen and oxygen atoms in total. The first-order valence-electron chi connectivity index (χ1n) is 5.68. The van der Waals surface area contributed by atoms with Gasteiger partial charge in [0.1, 0.15) is 6.61 Å². The van der Waals surface area contributed by atoms with Crippen LogP contribution in [0.15, 0.2) is 30.3 Å². The molecule has 0 unspecified atom stereocenters. The van der Waals surface area contributed by atoms with E-state index in [0.29, 0.717) is 13.1 Å². The molecule has 1 amide bonds. The minimum absolute atomic E-state index is 0.105. The third-order valence-corrected chi connectivity index (χ3v) is 2.48. The van der Waals surface area contributed by atoms with Gasteiger partial charge in [-0.05, 0) is 17.5 Å². The highest BCUT2D eigenvalue weighted by molar-refractivity contribution is 5.67. The fourth-order valence-electron chi connectivity index (χ4n) is 1.16. The summed E-state index contributed by atoms with van der Waals surface area (Å²) in [6.07, 6.45) is -0.407. The van der Waals surface area contributed by atoms with Crippen molar-refractivity contribution in [3.63, 3.8) is 0 Å². The summed E-state index contributed by atoms with van der Waals surface area (Å²) in [6, 6.07) is 9.57. The maximum Gasteiger partial charge on any atom is 0.407 e. The molecule has 0 atom stereocenters. The van der Waals surface area contributed by atoms with Gasteiger partial charge in [0.05, 0.1) is 0 Å².